The van der Waals surface area contributed by atoms with Gasteiger partial charge < -0.3 is 32.8 Å². The van der Waals surface area contributed by atoms with Crippen LogP contribution in [0, 0.1) is 0 Å². The van der Waals surface area contributed by atoms with Gasteiger partial charge in [0.1, 0.15) is 42.5 Å². The van der Waals surface area contributed by atoms with Gasteiger partial charge in [0.15, 0.2) is 0 Å². The maximum atomic E-state index is 14.3. The van der Waals surface area contributed by atoms with Crippen LogP contribution < -0.4 is 9.47 Å². The Hall–Kier alpha value is -4.94. The predicted octanol–water partition coefficient (Wildman–Crippen LogP) is 10.9. The second-order valence-electron chi connectivity index (χ2n) is 15.7. The molecule has 0 radical (unpaired) electrons. The normalized spacial score (nSPS) is 19.7. The summed E-state index contributed by atoms with van der Waals surface area (Å²) in [5.41, 5.74) is 14.3. The summed E-state index contributed by atoms with van der Waals surface area (Å²) in [6, 6.07) is 31.7. The molecule has 5 rings (SSSR count). The summed E-state index contributed by atoms with van der Waals surface area (Å²) in [6.45, 7) is 13.9. The molecule has 0 spiro atoms. The molecule has 59 heavy (non-hydrogen) atoms. The molecule has 1 aliphatic heterocycles. The molecule has 0 bridgehead atoms. The third kappa shape index (κ3) is 12.1. The number of hydrogen-bond acceptors (Lipinski definition) is 9. The molecular weight excluding hydrogens is 763 g/mol. The van der Waals surface area contributed by atoms with Gasteiger partial charge in [0, 0.05) is 4.91 Å². The van der Waals surface area contributed by atoms with Crippen molar-refractivity contribution in [2.45, 2.75) is 102 Å². The molecule has 314 valence electrons. The average molecular weight is 822 g/mol. The van der Waals surface area contributed by atoms with Crippen LogP contribution in [-0.4, -0.2) is 65.6 Å². The number of azide groups is 1. The number of hydrogen-bond donors (Lipinski definition) is 0. The number of ether oxygens (including phenoxy) is 6. The van der Waals surface area contributed by atoms with Crippen LogP contribution in [0.5, 0.6) is 11.5 Å². The van der Waals surface area contributed by atoms with Crippen molar-refractivity contribution in [3.8, 4) is 11.5 Å². The minimum Gasteiger partial charge on any atom is -0.497 e. The molecular formula is C47H59N3O8Si. The Labute approximate surface area is 350 Å². The molecule has 1 heterocycles. The molecule has 12 heteroatoms. The van der Waals surface area contributed by atoms with Crippen molar-refractivity contribution in [3.05, 3.63) is 147 Å². The van der Waals surface area contributed by atoms with Crippen LogP contribution in [0.15, 0.2) is 114 Å². The van der Waals surface area contributed by atoms with Crippen LogP contribution in [0.3, 0.4) is 0 Å². The van der Waals surface area contributed by atoms with Crippen LogP contribution in [0.2, 0.25) is 16.6 Å². The lowest BCUT2D eigenvalue weighted by Crippen LogP contribution is -2.59. The zero-order valence-electron chi connectivity index (χ0n) is 35.4. The molecule has 4 aromatic carbocycles. The van der Waals surface area contributed by atoms with E-state index in [-0.39, 0.29) is 61.8 Å². The Balaban J connectivity index is 1.62. The second kappa shape index (κ2) is 22.4. The van der Waals surface area contributed by atoms with Crippen molar-refractivity contribution in [2.75, 3.05) is 26.9 Å². The molecule has 1 unspecified atom stereocenters. The van der Waals surface area contributed by atoms with Gasteiger partial charge in [-0.15, -0.1) is 0 Å². The van der Waals surface area contributed by atoms with Crippen molar-refractivity contribution >= 4 is 20.4 Å². The monoisotopic (exact) mass is 821 g/mol. The highest BCUT2D eigenvalue weighted by Crippen LogP contribution is 2.44. The summed E-state index contributed by atoms with van der Waals surface area (Å²) in [4.78, 5) is 17.6. The highest BCUT2D eigenvalue weighted by atomic mass is 28.4. The third-order valence-corrected chi connectivity index (χ3v) is 17.0. The Kier molecular flexibility index (Phi) is 17.2. The van der Waals surface area contributed by atoms with Gasteiger partial charge in [-0.1, -0.05) is 144 Å². The first-order valence-corrected chi connectivity index (χ1v) is 22.5. The zero-order valence-corrected chi connectivity index (χ0v) is 36.4. The number of esters is 1. The fourth-order valence-electron chi connectivity index (χ4n) is 8.03. The van der Waals surface area contributed by atoms with Gasteiger partial charge in [-0.05, 0) is 62.6 Å². The van der Waals surface area contributed by atoms with Gasteiger partial charge in [-0.25, -0.2) is 4.79 Å². The summed E-state index contributed by atoms with van der Waals surface area (Å²) in [6.07, 6.45) is 1.21. The summed E-state index contributed by atoms with van der Waals surface area (Å²) in [5, 5.41) is 4.33. The Morgan fingerprint density at radius 2 is 1.36 bits per heavy atom. The van der Waals surface area contributed by atoms with E-state index in [1.54, 1.807) is 13.2 Å². The third-order valence-electron chi connectivity index (χ3n) is 10.9. The van der Waals surface area contributed by atoms with E-state index in [9.17, 15) is 10.3 Å². The minimum atomic E-state index is -2.75. The Morgan fingerprint density at radius 3 is 1.97 bits per heavy atom. The topological polar surface area (TPSA) is 130 Å². The number of benzene rings is 4. The van der Waals surface area contributed by atoms with E-state index in [2.05, 4.69) is 51.6 Å². The van der Waals surface area contributed by atoms with E-state index in [1.165, 1.54) is 0 Å². The number of cyclic esters (lactones) is 1. The summed E-state index contributed by atoms with van der Waals surface area (Å²) < 4.78 is 45.5. The van der Waals surface area contributed by atoms with Gasteiger partial charge in [0.05, 0.1) is 45.7 Å². The van der Waals surface area contributed by atoms with Gasteiger partial charge in [-0.3, -0.25) is 0 Å². The first-order valence-electron chi connectivity index (χ1n) is 20.4. The Morgan fingerprint density at radius 1 is 0.746 bits per heavy atom. The van der Waals surface area contributed by atoms with Crippen LogP contribution in [0.25, 0.3) is 16.5 Å². The van der Waals surface area contributed by atoms with E-state index in [1.807, 2.05) is 109 Å². The van der Waals surface area contributed by atoms with Gasteiger partial charge in [-0.2, -0.15) is 0 Å². The molecule has 0 amide bonds. The van der Waals surface area contributed by atoms with Gasteiger partial charge in [0.2, 0.25) is 8.32 Å². The lowest BCUT2D eigenvalue weighted by molar-refractivity contribution is -0.153. The molecule has 0 fully saturated rings. The molecule has 0 aromatic heterocycles. The Bertz CT molecular complexity index is 1950. The highest BCUT2D eigenvalue weighted by Gasteiger charge is 2.50. The van der Waals surface area contributed by atoms with E-state index in [4.69, 9.17) is 32.8 Å². The van der Waals surface area contributed by atoms with Gasteiger partial charge >= 0.3 is 5.97 Å². The van der Waals surface area contributed by atoms with E-state index in [0.717, 1.165) is 22.4 Å². The molecule has 0 aliphatic carbocycles. The van der Waals surface area contributed by atoms with Crippen LogP contribution in [-0.2, 0) is 43.2 Å². The second-order valence-corrected chi connectivity index (χ2v) is 21.1. The number of fused-ring (bicyclic) bond motifs is 1. The minimum absolute atomic E-state index is 0.125. The van der Waals surface area contributed by atoms with Crippen LogP contribution in [0.4, 0.5) is 0 Å². The number of carbonyl (C=O) groups excluding carboxylic acids is 1. The maximum absolute atomic E-state index is 14.3. The first kappa shape index (κ1) is 45.1. The van der Waals surface area contributed by atoms with Crippen LogP contribution >= 0.6 is 0 Å². The number of methoxy groups -OCH3 is 1. The van der Waals surface area contributed by atoms with Crippen molar-refractivity contribution in [1.82, 2.24) is 0 Å². The molecule has 4 atom stereocenters. The largest absolute Gasteiger partial charge is 0.497 e. The number of rotatable bonds is 16. The lowest BCUT2D eigenvalue weighted by atomic mass is 10.0. The zero-order chi connectivity index (χ0) is 42.2. The highest BCUT2D eigenvalue weighted by molar-refractivity contribution is 6.77. The molecule has 0 N–H and O–H groups in total. The predicted molar refractivity (Wildman–Crippen MR) is 233 cm³/mol. The van der Waals surface area contributed by atoms with Crippen molar-refractivity contribution < 1.29 is 37.6 Å². The first-order chi connectivity index (χ1) is 28.6. The fraction of sp³-hybridized carbons (Fsp3) is 0.426. The quantitative estimate of drug-likeness (QED) is 0.0359. The van der Waals surface area contributed by atoms with Gasteiger partial charge in [0.25, 0.3) is 0 Å². The lowest BCUT2D eigenvalue weighted by Gasteiger charge is -2.48. The molecule has 4 aromatic rings. The summed E-state index contributed by atoms with van der Waals surface area (Å²) in [5.74, 6) is 0.458. The molecule has 1 aliphatic rings. The molecule has 11 nitrogen and oxygen atoms in total. The summed E-state index contributed by atoms with van der Waals surface area (Å²) >= 11 is 0. The van der Waals surface area contributed by atoms with E-state index in [0.29, 0.717) is 11.3 Å². The molecule has 0 saturated carbocycles. The summed E-state index contributed by atoms with van der Waals surface area (Å²) in [7, 11) is -1.12. The smallest absolute Gasteiger partial charge is 0.342 e. The number of carbonyl (C=O) groups is 1. The van der Waals surface area contributed by atoms with Crippen molar-refractivity contribution in [1.29, 1.82) is 0 Å². The number of nitrogens with zero attached hydrogens (tertiary/aromatic N) is 3. The fourth-order valence-corrected chi connectivity index (χ4v) is 13.6. The molecule has 0 saturated heterocycles. The average Bonchev–Trinajstić information content (AvgIpc) is 3.24. The van der Waals surface area contributed by atoms with E-state index >= 15 is 0 Å². The van der Waals surface area contributed by atoms with Crippen molar-refractivity contribution in [2.24, 2.45) is 5.11 Å². The SMILES string of the molecule is COc1ccc(CO[C@H]2C(O[Si](C(C)C)(C(C)C)C(C)C)[C@@H](N=[N+]=[N-])COC(=O)c3c(cccc3OCc3ccccc3)/C=C/COC[C@H]2OCc2ccccc2)cc1. The van der Waals surface area contributed by atoms with E-state index < -0.39 is 38.6 Å². The van der Waals surface area contributed by atoms with Crippen LogP contribution in [0.1, 0.15) is 74.2 Å². The van der Waals surface area contributed by atoms with Crippen molar-refractivity contribution in [3.63, 3.8) is 0 Å². The maximum Gasteiger partial charge on any atom is 0.342 e. The standard InChI is InChI=1S/C47H59N3O8Si/c1-33(2)59(34(3)4,35(5)6)58-45-41(49-50-48)31-57-47(51)44-39(20-14-22-42(44)54-28-36-16-10-8-11-17-36)21-15-27-53-32-43(55-29-37-18-12-9-13-19-37)46(45)56-30-38-23-25-40(52-7)26-24-38/h8-26,33-35,41,43,45-46H,27-32H2,1-7H3/b21-15+/t41-,43+,45?,46+/m0/s1.